The van der Waals surface area contributed by atoms with Gasteiger partial charge in [-0.25, -0.2) is 4.79 Å². The van der Waals surface area contributed by atoms with E-state index in [2.05, 4.69) is 10.6 Å². The van der Waals surface area contributed by atoms with Crippen LogP contribution in [-0.2, 0) is 0 Å². The molecule has 0 radical (unpaired) electrons. The lowest BCUT2D eigenvalue weighted by molar-refractivity contribution is -0.384. The average molecular weight is 285 g/mol. The number of hydrogen-bond donors (Lipinski definition) is 2. The van der Waals surface area contributed by atoms with Crippen LogP contribution < -0.4 is 10.6 Å². The quantitative estimate of drug-likeness (QED) is 0.663. The molecule has 2 amide bonds. The number of urea groups is 1. The molecule has 108 valence electrons. The summed E-state index contributed by atoms with van der Waals surface area (Å²) in [4.78, 5) is 22.2. The third kappa shape index (κ3) is 3.56. The van der Waals surface area contributed by atoms with Crippen LogP contribution in [-0.4, -0.2) is 11.0 Å². The zero-order valence-electron chi connectivity index (χ0n) is 11.7. The van der Waals surface area contributed by atoms with E-state index in [9.17, 15) is 14.9 Å². The maximum absolute atomic E-state index is 12.0. The number of nitrogens with one attached hydrogen (secondary N) is 2. The van der Waals surface area contributed by atoms with Crippen molar-refractivity contribution in [2.45, 2.75) is 13.8 Å². The minimum atomic E-state index is -0.505. The molecule has 0 spiro atoms. The van der Waals surface area contributed by atoms with Crippen molar-refractivity contribution in [2.24, 2.45) is 0 Å². The van der Waals surface area contributed by atoms with Gasteiger partial charge in [-0.3, -0.25) is 10.1 Å². The second kappa shape index (κ2) is 6.04. The Labute approximate surface area is 121 Å². The summed E-state index contributed by atoms with van der Waals surface area (Å²) in [5.74, 6) is 0. The zero-order valence-corrected chi connectivity index (χ0v) is 11.7. The van der Waals surface area contributed by atoms with Crippen LogP contribution in [0.4, 0.5) is 21.9 Å². The highest BCUT2D eigenvalue weighted by atomic mass is 16.6. The smallest absolute Gasteiger partial charge is 0.307 e. The molecule has 2 rings (SSSR count). The number of carbonyl (C=O) groups excluding carboxylic acids is 1. The Morgan fingerprint density at radius 2 is 1.67 bits per heavy atom. The Balaban J connectivity index is 2.12. The molecular weight excluding hydrogens is 270 g/mol. The Kier molecular flexibility index (Phi) is 4.18. The van der Waals surface area contributed by atoms with Crippen molar-refractivity contribution in [2.75, 3.05) is 10.6 Å². The minimum absolute atomic E-state index is 0.0696. The number of aryl methyl sites for hydroxylation is 2. The summed E-state index contributed by atoms with van der Waals surface area (Å²) in [5.41, 5.74) is 2.93. The first-order chi connectivity index (χ1) is 9.97. The van der Waals surface area contributed by atoms with Crippen LogP contribution >= 0.6 is 0 Å². The molecule has 6 heteroatoms. The highest BCUT2D eigenvalue weighted by molar-refractivity contribution is 6.00. The number of nitrogens with zero attached hydrogens (tertiary/aromatic N) is 1. The molecule has 0 aliphatic heterocycles. The van der Waals surface area contributed by atoms with E-state index in [0.717, 1.165) is 16.8 Å². The Bertz CT molecular complexity index is 678. The highest BCUT2D eigenvalue weighted by Crippen LogP contribution is 2.21. The van der Waals surface area contributed by atoms with E-state index in [4.69, 9.17) is 0 Å². The molecule has 0 aromatic heterocycles. The third-order valence-corrected chi connectivity index (χ3v) is 3.03. The molecule has 0 saturated heterocycles. The fraction of sp³-hybridized carbons (Fsp3) is 0.133. The number of non-ortho nitro benzene ring substituents is 1. The van der Waals surface area contributed by atoms with Crippen molar-refractivity contribution in [1.82, 2.24) is 0 Å². The van der Waals surface area contributed by atoms with E-state index < -0.39 is 11.0 Å². The molecule has 0 saturated carbocycles. The molecule has 2 aromatic rings. The van der Waals surface area contributed by atoms with E-state index in [1.807, 2.05) is 32.0 Å². The summed E-state index contributed by atoms with van der Waals surface area (Å²) >= 11 is 0. The van der Waals surface area contributed by atoms with E-state index in [1.54, 1.807) is 6.07 Å². The van der Waals surface area contributed by atoms with Gasteiger partial charge in [0.05, 0.1) is 4.92 Å². The van der Waals surface area contributed by atoms with Crippen molar-refractivity contribution < 1.29 is 9.72 Å². The first-order valence-corrected chi connectivity index (χ1v) is 6.36. The molecule has 0 unspecified atom stereocenters. The molecule has 21 heavy (non-hydrogen) atoms. The molecule has 2 aromatic carbocycles. The van der Waals surface area contributed by atoms with Gasteiger partial charge >= 0.3 is 6.03 Å². The van der Waals surface area contributed by atoms with Crippen LogP contribution in [0.2, 0.25) is 0 Å². The van der Waals surface area contributed by atoms with Crippen LogP contribution in [0.25, 0.3) is 0 Å². The van der Waals surface area contributed by atoms with Crippen molar-refractivity contribution in [3.8, 4) is 0 Å². The lowest BCUT2D eigenvalue weighted by Gasteiger charge is -2.12. The maximum Gasteiger partial charge on any atom is 0.323 e. The van der Waals surface area contributed by atoms with Gasteiger partial charge in [0, 0.05) is 23.5 Å². The van der Waals surface area contributed by atoms with Crippen molar-refractivity contribution in [3.63, 3.8) is 0 Å². The van der Waals surface area contributed by atoms with E-state index >= 15 is 0 Å². The van der Waals surface area contributed by atoms with Gasteiger partial charge in [0.25, 0.3) is 5.69 Å². The number of nitro groups is 1. The molecule has 2 N–H and O–H groups in total. The third-order valence-electron chi connectivity index (χ3n) is 3.03. The minimum Gasteiger partial charge on any atom is -0.307 e. The van der Waals surface area contributed by atoms with Crippen LogP contribution in [0.5, 0.6) is 0 Å². The Hall–Kier alpha value is -2.89. The summed E-state index contributed by atoms with van der Waals surface area (Å²) in [6.45, 7) is 3.80. The summed E-state index contributed by atoms with van der Waals surface area (Å²) in [6.07, 6.45) is 0. The van der Waals surface area contributed by atoms with Gasteiger partial charge < -0.3 is 10.6 Å². The van der Waals surface area contributed by atoms with Crippen LogP contribution in [0, 0.1) is 24.0 Å². The standard InChI is InChI=1S/C15H15N3O3/c1-10-5-3-6-11(2)14(10)17-15(19)16-12-7-4-8-13(9-12)18(20)21/h3-9H,1-2H3,(H2,16,17,19). The number of anilines is 2. The topological polar surface area (TPSA) is 84.3 Å². The molecular formula is C15H15N3O3. The first kappa shape index (κ1) is 14.5. The SMILES string of the molecule is Cc1cccc(C)c1NC(=O)Nc1cccc([N+](=O)[O-])c1. The number of nitro benzene ring substituents is 1. The van der Waals surface area contributed by atoms with E-state index in [-0.39, 0.29) is 5.69 Å². The monoisotopic (exact) mass is 285 g/mol. The van der Waals surface area contributed by atoms with E-state index in [1.165, 1.54) is 18.2 Å². The Morgan fingerprint density at radius 3 is 2.29 bits per heavy atom. The summed E-state index contributed by atoms with van der Waals surface area (Å²) in [5, 5.41) is 16.0. The lowest BCUT2D eigenvalue weighted by Crippen LogP contribution is -2.20. The highest BCUT2D eigenvalue weighted by Gasteiger charge is 2.10. The number of rotatable bonds is 3. The van der Waals surface area contributed by atoms with Gasteiger partial charge in [0.15, 0.2) is 0 Å². The molecule has 0 aliphatic rings. The fourth-order valence-corrected chi connectivity index (χ4v) is 1.98. The van der Waals surface area contributed by atoms with Gasteiger partial charge in [-0.1, -0.05) is 24.3 Å². The molecule has 0 atom stereocenters. The second-order valence-electron chi connectivity index (χ2n) is 4.65. The normalized spacial score (nSPS) is 10.0. The largest absolute Gasteiger partial charge is 0.323 e. The number of hydrogen-bond acceptors (Lipinski definition) is 3. The maximum atomic E-state index is 12.0. The lowest BCUT2D eigenvalue weighted by atomic mass is 10.1. The number of carbonyl (C=O) groups is 1. The first-order valence-electron chi connectivity index (χ1n) is 6.36. The van der Waals surface area contributed by atoms with E-state index in [0.29, 0.717) is 5.69 Å². The van der Waals surface area contributed by atoms with Crippen LogP contribution in [0.3, 0.4) is 0 Å². The Morgan fingerprint density at radius 1 is 1.05 bits per heavy atom. The second-order valence-corrected chi connectivity index (χ2v) is 4.65. The van der Waals surface area contributed by atoms with Gasteiger partial charge in [0.2, 0.25) is 0 Å². The molecule has 0 bridgehead atoms. The van der Waals surface area contributed by atoms with Gasteiger partial charge in [-0.2, -0.15) is 0 Å². The summed E-state index contributed by atoms with van der Waals surface area (Å²) in [7, 11) is 0. The average Bonchev–Trinajstić information content (AvgIpc) is 2.43. The van der Waals surface area contributed by atoms with Gasteiger partial charge in [0.1, 0.15) is 0 Å². The van der Waals surface area contributed by atoms with Gasteiger partial charge in [-0.05, 0) is 31.0 Å². The number of amides is 2. The van der Waals surface area contributed by atoms with Crippen LogP contribution in [0.15, 0.2) is 42.5 Å². The molecule has 0 aliphatic carbocycles. The fourth-order valence-electron chi connectivity index (χ4n) is 1.98. The molecule has 0 fully saturated rings. The summed E-state index contributed by atoms with van der Waals surface area (Å²) in [6, 6.07) is 11.1. The van der Waals surface area contributed by atoms with Gasteiger partial charge in [-0.15, -0.1) is 0 Å². The number of benzene rings is 2. The molecule has 6 nitrogen and oxygen atoms in total. The van der Waals surface area contributed by atoms with Crippen molar-refractivity contribution in [3.05, 3.63) is 63.7 Å². The summed E-state index contributed by atoms with van der Waals surface area (Å²) < 4.78 is 0. The predicted molar refractivity (Wildman–Crippen MR) is 81.7 cm³/mol. The number of para-hydroxylation sites is 1. The molecule has 0 heterocycles. The van der Waals surface area contributed by atoms with Crippen molar-refractivity contribution in [1.29, 1.82) is 0 Å². The van der Waals surface area contributed by atoms with Crippen molar-refractivity contribution >= 4 is 23.1 Å². The van der Waals surface area contributed by atoms with Crippen LogP contribution in [0.1, 0.15) is 11.1 Å². The predicted octanol–water partition coefficient (Wildman–Crippen LogP) is 3.86. The zero-order chi connectivity index (χ0) is 15.4.